The van der Waals surface area contributed by atoms with E-state index in [9.17, 15) is 9.90 Å². The molecular weight excluding hydrogens is 252 g/mol. The van der Waals surface area contributed by atoms with Crippen LogP contribution < -0.4 is 10.9 Å². The van der Waals surface area contributed by atoms with Gasteiger partial charge in [-0.2, -0.15) is 0 Å². The Morgan fingerprint density at radius 2 is 2.05 bits per heavy atom. The standard InChI is InChI=1S/C16H20N2O2/c1-11(16(20)7-4-8-16)17-9-12-10-18-15(19)14-6-3-2-5-13(12)14/h2-3,5-6,10-11,17,20H,4,7-9H2,1H3,(H,18,19). The maximum absolute atomic E-state index is 11.8. The topological polar surface area (TPSA) is 65.1 Å². The summed E-state index contributed by atoms with van der Waals surface area (Å²) in [4.78, 5) is 14.5. The van der Waals surface area contributed by atoms with Crippen LogP contribution in [0.15, 0.2) is 35.3 Å². The predicted molar refractivity (Wildman–Crippen MR) is 79.7 cm³/mol. The van der Waals surface area contributed by atoms with Gasteiger partial charge < -0.3 is 15.4 Å². The number of pyridine rings is 1. The lowest BCUT2D eigenvalue weighted by atomic mass is 9.75. The molecule has 106 valence electrons. The van der Waals surface area contributed by atoms with Crippen LogP contribution in [0.3, 0.4) is 0 Å². The van der Waals surface area contributed by atoms with Gasteiger partial charge in [-0.15, -0.1) is 0 Å². The highest BCUT2D eigenvalue weighted by Crippen LogP contribution is 2.34. The molecule has 1 unspecified atom stereocenters. The Balaban J connectivity index is 1.81. The average Bonchev–Trinajstić information content (AvgIpc) is 2.44. The molecule has 3 N–H and O–H groups in total. The van der Waals surface area contributed by atoms with Crippen LogP contribution >= 0.6 is 0 Å². The zero-order chi connectivity index (χ0) is 14.2. The first kappa shape index (κ1) is 13.3. The third-order valence-corrected chi connectivity index (χ3v) is 4.52. The van der Waals surface area contributed by atoms with E-state index in [0.717, 1.165) is 30.2 Å². The number of hydrogen-bond donors (Lipinski definition) is 3. The Hall–Kier alpha value is -1.65. The summed E-state index contributed by atoms with van der Waals surface area (Å²) in [5.74, 6) is 0. The van der Waals surface area contributed by atoms with E-state index in [0.29, 0.717) is 11.9 Å². The van der Waals surface area contributed by atoms with Gasteiger partial charge in [-0.25, -0.2) is 0 Å². The fourth-order valence-electron chi connectivity index (χ4n) is 2.84. The number of benzene rings is 1. The fraction of sp³-hybridized carbons (Fsp3) is 0.438. The third kappa shape index (κ3) is 2.25. The number of aromatic nitrogens is 1. The van der Waals surface area contributed by atoms with Crippen LogP contribution in [-0.4, -0.2) is 21.7 Å². The van der Waals surface area contributed by atoms with Gasteiger partial charge in [0.1, 0.15) is 0 Å². The molecule has 0 bridgehead atoms. The molecule has 1 fully saturated rings. The molecule has 4 nitrogen and oxygen atoms in total. The van der Waals surface area contributed by atoms with Gasteiger partial charge in [0.15, 0.2) is 0 Å². The average molecular weight is 272 g/mol. The zero-order valence-electron chi connectivity index (χ0n) is 11.6. The van der Waals surface area contributed by atoms with Gasteiger partial charge in [0.2, 0.25) is 0 Å². The van der Waals surface area contributed by atoms with Crippen molar-refractivity contribution in [3.05, 3.63) is 46.4 Å². The van der Waals surface area contributed by atoms with Gasteiger partial charge in [-0.05, 0) is 43.2 Å². The van der Waals surface area contributed by atoms with Crippen LogP contribution in [-0.2, 0) is 6.54 Å². The summed E-state index contributed by atoms with van der Waals surface area (Å²) in [6.07, 6.45) is 4.60. The molecule has 1 heterocycles. The highest BCUT2D eigenvalue weighted by Gasteiger charge is 2.39. The van der Waals surface area contributed by atoms with Gasteiger partial charge in [0.05, 0.1) is 5.60 Å². The highest BCUT2D eigenvalue weighted by atomic mass is 16.3. The first-order valence-corrected chi connectivity index (χ1v) is 7.15. The largest absolute Gasteiger partial charge is 0.388 e. The molecule has 0 radical (unpaired) electrons. The molecule has 0 aliphatic heterocycles. The molecule has 0 saturated heterocycles. The van der Waals surface area contributed by atoms with Crippen molar-refractivity contribution in [1.29, 1.82) is 0 Å². The van der Waals surface area contributed by atoms with E-state index >= 15 is 0 Å². The van der Waals surface area contributed by atoms with Gasteiger partial charge in [-0.3, -0.25) is 4.79 Å². The third-order valence-electron chi connectivity index (χ3n) is 4.52. The van der Waals surface area contributed by atoms with Gasteiger partial charge in [-0.1, -0.05) is 18.2 Å². The summed E-state index contributed by atoms with van der Waals surface area (Å²) in [5.41, 5.74) is 0.433. The van der Waals surface area contributed by atoms with Crippen molar-refractivity contribution in [1.82, 2.24) is 10.3 Å². The Bertz CT molecular complexity index is 673. The molecule has 2 aromatic rings. The van der Waals surface area contributed by atoms with Crippen LogP contribution in [0.5, 0.6) is 0 Å². The number of rotatable bonds is 4. The molecule has 1 aliphatic carbocycles. The SMILES string of the molecule is CC(NCc1c[nH]c(=O)c2ccccc12)C1(O)CCC1. The molecule has 0 spiro atoms. The second kappa shape index (κ2) is 5.04. The lowest BCUT2D eigenvalue weighted by Gasteiger charge is -2.42. The summed E-state index contributed by atoms with van der Waals surface area (Å²) >= 11 is 0. The summed E-state index contributed by atoms with van der Waals surface area (Å²) in [6.45, 7) is 2.66. The predicted octanol–water partition coefficient (Wildman–Crippen LogP) is 1.92. The fourth-order valence-corrected chi connectivity index (χ4v) is 2.84. The van der Waals surface area contributed by atoms with Gasteiger partial charge in [0.25, 0.3) is 5.56 Å². The van der Waals surface area contributed by atoms with Crippen molar-refractivity contribution in [2.75, 3.05) is 0 Å². The van der Waals surface area contributed by atoms with E-state index in [1.54, 1.807) is 6.20 Å². The Morgan fingerprint density at radius 3 is 2.70 bits per heavy atom. The van der Waals surface area contributed by atoms with Crippen molar-refractivity contribution in [2.24, 2.45) is 0 Å². The lowest BCUT2D eigenvalue weighted by Crippen LogP contribution is -2.53. The number of fused-ring (bicyclic) bond motifs is 1. The van der Waals surface area contributed by atoms with Crippen LogP contribution in [0.1, 0.15) is 31.7 Å². The van der Waals surface area contributed by atoms with E-state index in [2.05, 4.69) is 10.3 Å². The first-order chi connectivity index (χ1) is 9.60. The normalized spacial score (nSPS) is 18.7. The maximum Gasteiger partial charge on any atom is 0.255 e. The highest BCUT2D eigenvalue weighted by molar-refractivity contribution is 5.84. The quantitative estimate of drug-likeness (QED) is 0.796. The van der Waals surface area contributed by atoms with Crippen LogP contribution in [0, 0.1) is 0 Å². The molecule has 1 atom stereocenters. The summed E-state index contributed by atoms with van der Waals surface area (Å²) in [5, 5.41) is 15.4. The number of nitrogens with one attached hydrogen (secondary N) is 2. The number of H-pyrrole nitrogens is 1. The van der Waals surface area contributed by atoms with E-state index in [-0.39, 0.29) is 11.6 Å². The molecule has 4 heteroatoms. The Labute approximate surface area is 117 Å². The van der Waals surface area contributed by atoms with Crippen molar-refractivity contribution in [2.45, 2.75) is 44.4 Å². The lowest BCUT2D eigenvalue weighted by molar-refractivity contribution is -0.0603. The van der Waals surface area contributed by atoms with Crippen molar-refractivity contribution in [3.63, 3.8) is 0 Å². The Morgan fingerprint density at radius 1 is 1.35 bits per heavy atom. The van der Waals surface area contributed by atoms with Crippen LogP contribution in [0.25, 0.3) is 10.8 Å². The van der Waals surface area contributed by atoms with Crippen molar-refractivity contribution >= 4 is 10.8 Å². The number of aliphatic hydroxyl groups is 1. The number of hydrogen-bond acceptors (Lipinski definition) is 3. The van der Waals surface area contributed by atoms with Crippen LogP contribution in [0.2, 0.25) is 0 Å². The summed E-state index contributed by atoms with van der Waals surface area (Å²) < 4.78 is 0. The monoisotopic (exact) mass is 272 g/mol. The Kier molecular flexibility index (Phi) is 3.36. The van der Waals surface area contributed by atoms with Gasteiger partial charge in [0, 0.05) is 24.2 Å². The molecule has 1 aromatic heterocycles. The van der Waals surface area contributed by atoms with E-state index in [1.807, 2.05) is 31.2 Å². The second-order valence-electron chi connectivity index (χ2n) is 5.75. The van der Waals surface area contributed by atoms with Crippen molar-refractivity contribution < 1.29 is 5.11 Å². The summed E-state index contributed by atoms with van der Waals surface area (Å²) in [6, 6.07) is 7.66. The van der Waals surface area contributed by atoms with Crippen molar-refractivity contribution in [3.8, 4) is 0 Å². The minimum atomic E-state index is -0.558. The number of aromatic amines is 1. The molecule has 20 heavy (non-hydrogen) atoms. The van der Waals surface area contributed by atoms with Gasteiger partial charge >= 0.3 is 0 Å². The van der Waals surface area contributed by atoms with E-state index in [4.69, 9.17) is 0 Å². The molecule has 1 aromatic carbocycles. The molecule has 1 aliphatic rings. The maximum atomic E-state index is 11.8. The minimum Gasteiger partial charge on any atom is -0.388 e. The molecular formula is C16H20N2O2. The zero-order valence-corrected chi connectivity index (χ0v) is 11.6. The summed E-state index contributed by atoms with van der Waals surface area (Å²) in [7, 11) is 0. The van der Waals surface area contributed by atoms with E-state index in [1.165, 1.54) is 0 Å². The molecule has 1 saturated carbocycles. The molecule has 3 rings (SSSR count). The molecule has 0 amide bonds. The van der Waals surface area contributed by atoms with Crippen LogP contribution in [0.4, 0.5) is 0 Å². The second-order valence-corrected chi connectivity index (χ2v) is 5.75. The smallest absolute Gasteiger partial charge is 0.255 e. The first-order valence-electron chi connectivity index (χ1n) is 7.15. The minimum absolute atomic E-state index is 0.0574. The van der Waals surface area contributed by atoms with E-state index < -0.39 is 5.60 Å².